The molecule has 0 bridgehead atoms. The Hall–Kier alpha value is -1.71. The van der Waals surface area contributed by atoms with E-state index in [2.05, 4.69) is 6.92 Å². The van der Waals surface area contributed by atoms with E-state index in [1.165, 1.54) is 19.3 Å². The summed E-state index contributed by atoms with van der Waals surface area (Å²) in [5.41, 5.74) is 1.01. The number of carbonyl (C=O) groups excluding carboxylic acids is 1. The number of hydrogen-bond acceptors (Lipinski definition) is 3. The van der Waals surface area contributed by atoms with E-state index >= 15 is 0 Å². The smallest absolute Gasteiger partial charge is 0.226 e. The number of fused-ring (bicyclic) bond motifs is 1. The minimum absolute atomic E-state index is 0.235. The summed E-state index contributed by atoms with van der Waals surface area (Å²) >= 11 is 0. The standard InChI is InChI=1S/C19H27NO3/c1-2-4-15-5-3-9-20(10-8-15)19(21)14-16-6-7-17-18(13-16)23-12-11-22-17/h6-7,13,15H,2-5,8-12,14H2,1H3. The van der Waals surface area contributed by atoms with Gasteiger partial charge in [0, 0.05) is 13.1 Å². The number of ether oxygens (including phenoxy) is 2. The molecule has 1 amide bonds. The fourth-order valence-corrected chi connectivity index (χ4v) is 3.60. The average Bonchev–Trinajstić information content (AvgIpc) is 2.81. The number of nitrogens with zero attached hydrogens (tertiary/aromatic N) is 1. The van der Waals surface area contributed by atoms with Crippen molar-refractivity contribution in [3.8, 4) is 11.5 Å². The third-order valence-electron chi connectivity index (χ3n) is 4.86. The van der Waals surface area contributed by atoms with Gasteiger partial charge in [-0.1, -0.05) is 25.8 Å². The van der Waals surface area contributed by atoms with Crippen molar-refractivity contribution in [3.63, 3.8) is 0 Å². The Morgan fingerprint density at radius 1 is 1.17 bits per heavy atom. The van der Waals surface area contributed by atoms with Crippen LogP contribution in [0.5, 0.6) is 11.5 Å². The predicted octanol–water partition coefficient (Wildman–Crippen LogP) is 3.43. The van der Waals surface area contributed by atoms with Crippen LogP contribution in [-0.4, -0.2) is 37.1 Å². The lowest BCUT2D eigenvalue weighted by Crippen LogP contribution is -2.33. The summed E-state index contributed by atoms with van der Waals surface area (Å²) in [5.74, 6) is 2.58. The molecule has 23 heavy (non-hydrogen) atoms. The number of likely N-dealkylation sites (tertiary alicyclic amines) is 1. The van der Waals surface area contributed by atoms with Gasteiger partial charge >= 0.3 is 0 Å². The van der Waals surface area contributed by atoms with Gasteiger partial charge in [-0.3, -0.25) is 4.79 Å². The maximum absolute atomic E-state index is 12.6. The maximum Gasteiger partial charge on any atom is 0.226 e. The molecule has 4 nitrogen and oxygen atoms in total. The molecule has 1 fully saturated rings. The SMILES string of the molecule is CCCC1CCCN(C(=O)Cc2ccc3c(c2)OCCO3)CC1. The molecule has 1 aromatic rings. The Bertz CT molecular complexity index is 543. The lowest BCUT2D eigenvalue weighted by molar-refractivity contribution is -0.130. The minimum Gasteiger partial charge on any atom is -0.486 e. The van der Waals surface area contributed by atoms with Crippen molar-refractivity contribution >= 4 is 5.91 Å². The Kier molecular flexibility index (Phi) is 5.42. The number of benzene rings is 1. The van der Waals surface area contributed by atoms with Crippen LogP contribution in [-0.2, 0) is 11.2 Å². The van der Waals surface area contributed by atoms with Crippen molar-refractivity contribution in [2.75, 3.05) is 26.3 Å². The van der Waals surface area contributed by atoms with Crippen LogP contribution < -0.4 is 9.47 Å². The molecule has 0 aliphatic carbocycles. The van der Waals surface area contributed by atoms with E-state index in [1.54, 1.807) is 0 Å². The summed E-state index contributed by atoms with van der Waals surface area (Å²) in [6.07, 6.45) is 6.55. The molecule has 0 saturated carbocycles. The van der Waals surface area contributed by atoms with Gasteiger partial charge in [0.15, 0.2) is 11.5 Å². The fraction of sp³-hybridized carbons (Fsp3) is 0.632. The summed E-state index contributed by atoms with van der Waals surface area (Å²) in [5, 5.41) is 0. The van der Waals surface area contributed by atoms with Crippen LogP contribution in [0.1, 0.15) is 44.6 Å². The van der Waals surface area contributed by atoms with E-state index in [9.17, 15) is 4.79 Å². The largest absolute Gasteiger partial charge is 0.486 e. The van der Waals surface area contributed by atoms with Crippen molar-refractivity contribution < 1.29 is 14.3 Å². The third-order valence-corrected chi connectivity index (χ3v) is 4.86. The van der Waals surface area contributed by atoms with Gasteiger partial charge in [-0.15, -0.1) is 0 Å². The van der Waals surface area contributed by atoms with Crippen molar-refractivity contribution in [2.45, 2.75) is 45.4 Å². The molecule has 3 rings (SSSR count). The van der Waals surface area contributed by atoms with Crippen LogP contribution in [0.3, 0.4) is 0 Å². The fourth-order valence-electron chi connectivity index (χ4n) is 3.60. The van der Waals surface area contributed by atoms with Gasteiger partial charge in [-0.25, -0.2) is 0 Å². The zero-order valence-electron chi connectivity index (χ0n) is 14.1. The van der Waals surface area contributed by atoms with E-state index < -0.39 is 0 Å². The Morgan fingerprint density at radius 2 is 2.00 bits per heavy atom. The number of rotatable bonds is 4. The molecular formula is C19H27NO3. The molecule has 2 aliphatic rings. The summed E-state index contributed by atoms with van der Waals surface area (Å²) < 4.78 is 11.1. The molecule has 2 aliphatic heterocycles. The molecule has 0 aromatic heterocycles. The van der Waals surface area contributed by atoms with Gasteiger partial charge < -0.3 is 14.4 Å². The second-order valence-corrected chi connectivity index (χ2v) is 6.62. The monoisotopic (exact) mass is 317 g/mol. The van der Waals surface area contributed by atoms with E-state index in [4.69, 9.17) is 9.47 Å². The Balaban J connectivity index is 1.58. The molecule has 0 spiro atoms. The normalized spacial score (nSPS) is 20.9. The molecule has 1 unspecified atom stereocenters. The maximum atomic E-state index is 12.6. The Labute approximate surface area is 138 Å². The lowest BCUT2D eigenvalue weighted by Gasteiger charge is -2.22. The molecular weight excluding hydrogens is 290 g/mol. The number of amides is 1. The molecule has 1 aromatic carbocycles. The molecule has 1 atom stereocenters. The van der Waals surface area contributed by atoms with E-state index in [-0.39, 0.29) is 5.91 Å². The van der Waals surface area contributed by atoms with Crippen molar-refractivity contribution in [3.05, 3.63) is 23.8 Å². The van der Waals surface area contributed by atoms with Crippen LogP contribution in [0.15, 0.2) is 18.2 Å². The van der Waals surface area contributed by atoms with Crippen LogP contribution in [0.2, 0.25) is 0 Å². The van der Waals surface area contributed by atoms with Crippen LogP contribution in [0.25, 0.3) is 0 Å². The highest BCUT2D eigenvalue weighted by Crippen LogP contribution is 2.31. The minimum atomic E-state index is 0.235. The average molecular weight is 317 g/mol. The van der Waals surface area contributed by atoms with Crippen molar-refractivity contribution in [1.29, 1.82) is 0 Å². The Morgan fingerprint density at radius 3 is 2.83 bits per heavy atom. The van der Waals surface area contributed by atoms with Gasteiger partial charge in [0.2, 0.25) is 5.91 Å². The zero-order chi connectivity index (χ0) is 16.1. The highest BCUT2D eigenvalue weighted by Gasteiger charge is 2.21. The molecule has 0 radical (unpaired) electrons. The van der Waals surface area contributed by atoms with Crippen molar-refractivity contribution in [1.82, 2.24) is 4.90 Å². The van der Waals surface area contributed by atoms with Gasteiger partial charge in [0.1, 0.15) is 13.2 Å². The molecule has 4 heteroatoms. The van der Waals surface area contributed by atoms with E-state index in [0.29, 0.717) is 19.6 Å². The molecule has 126 valence electrons. The highest BCUT2D eigenvalue weighted by atomic mass is 16.6. The van der Waals surface area contributed by atoms with Gasteiger partial charge in [-0.05, 0) is 42.9 Å². The lowest BCUT2D eigenvalue weighted by atomic mass is 9.96. The first kappa shape index (κ1) is 16.2. The molecule has 0 N–H and O–H groups in total. The van der Waals surface area contributed by atoms with Crippen LogP contribution in [0.4, 0.5) is 0 Å². The van der Waals surface area contributed by atoms with Gasteiger partial charge in [-0.2, -0.15) is 0 Å². The van der Waals surface area contributed by atoms with Gasteiger partial charge in [0.25, 0.3) is 0 Å². The summed E-state index contributed by atoms with van der Waals surface area (Å²) in [7, 11) is 0. The van der Waals surface area contributed by atoms with Crippen LogP contribution >= 0.6 is 0 Å². The first-order valence-corrected chi connectivity index (χ1v) is 8.92. The molecule has 1 saturated heterocycles. The second-order valence-electron chi connectivity index (χ2n) is 6.62. The summed E-state index contributed by atoms with van der Waals surface area (Å²) in [4.78, 5) is 14.7. The second kappa shape index (κ2) is 7.71. The van der Waals surface area contributed by atoms with Gasteiger partial charge in [0.05, 0.1) is 6.42 Å². The zero-order valence-corrected chi connectivity index (χ0v) is 14.1. The quantitative estimate of drug-likeness (QED) is 0.854. The predicted molar refractivity (Wildman–Crippen MR) is 90.0 cm³/mol. The third kappa shape index (κ3) is 4.18. The number of carbonyl (C=O) groups is 1. The van der Waals surface area contributed by atoms with E-state index in [0.717, 1.165) is 48.9 Å². The topological polar surface area (TPSA) is 38.8 Å². The van der Waals surface area contributed by atoms with E-state index in [1.807, 2.05) is 23.1 Å². The van der Waals surface area contributed by atoms with Crippen molar-refractivity contribution in [2.24, 2.45) is 5.92 Å². The first-order chi connectivity index (χ1) is 11.3. The molecule has 2 heterocycles. The number of hydrogen-bond donors (Lipinski definition) is 0. The highest BCUT2D eigenvalue weighted by molar-refractivity contribution is 5.79. The first-order valence-electron chi connectivity index (χ1n) is 8.92. The summed E-state index contributed by atoms with van der Waals surface area (Å²) in [6, 6.07) is 5.84. The van der Waals surface area contributed by atoms with Crippen LogP contribution in [0, 0.1) is 5.92 Å². The summed E-state index contributed by atoms with van der Waals surface area (Å²) in [6.45, 7) is 5.24.